The second kappa shape index (κ2) is 7.17. The predicted molar refractivity (Wildman–Crippen MR) is 98.0 cm³/mol. The van der Waals surface area contributed by atoms with Crippen LogP contribution in [0, 0.1) is 11.6 Å². The monoisotopic (exact) mass is 383 g/mol. The van der Waals surface area contributed by atoms with Gasteiger partial charge in [0.1, 0.15) is 17.2 Å². The summed E-state index contributed by atoms with van der Waals surface area (Å²) in [4.78, 5) is 0. The molecule has 0 bridgehead atoms. The van der Waals surface area contributed by atoms with Crippen molar-refractivity contribution in [1.29, 1.82) is 0 Å². The van der Waals surface area contributed by atoms with E-state index in [0.717, 1.165) is 12.1 Å². The molecule has 1 heterocycles. The molecule has 0 saturated heterocycles. The summed E-state index contributed by atoms with van der Waals surface area (Å²) in [5.41, 5.74) is -1.76. The van der Waals surface area contributed by atoms with Gasteiger partial charge in [0, 0.05) is 17.8 Å². The van der Waals surface area contributed by atoms with E-state index in [9.17, 15) is 13.9 Å². The number of benzene rings is 1. The summed E-state index contributed by atoms with van der Waals surface area (Å²) < 4.78 is 35.6. The van der Waals surface area contributed by atoms with Gasteiger partial charge in [-0.1, -0.05) is 32.1 Å². The maximum absolute atomic E-state index is 14.5. The normalized spacial score (nSPS) is 16.3. The van der Waals surface area contributed by atoms with Crippen LogP contribution in [-0.4, -0.2) is 34.5 Å². The van der Waals surface area contributed by atoms with E-state index in [0.29, 0.717) is 0 Å². The Morgan fingerprint density at radius 1 is 1.27 bits per heavy atom. The molecule has 2 aromatic rings. The molecule has 2 rings (SSSR count). The Labute approximate surface area is 154 Å². The smallest absolute Gasteiger partial charge is 0.192 e. The molecular weight excluding hydrogens is 356 g/mol. The molecule has 1 N–H and O–H groups in total. The molecule has 2 atom stereocenters. The van der Waals surface area contributed by atoms with E-state index in [1.54, 1.807) is 13.1 Å². The number of hydrogen-bond acceptors (Lipinski definition) is 4. The molecule has 0 aliphatic carbocycles. The van der Waals surface area contributed by atoms with Crippen molar-refractivity contribution in [2.45, 2.75) is 64.1 Å². The molecular formula is C18H27F2N3O2Si. The SMILES string of the molecule is C[C@H](O[Si](C)(C)C(C)(C)C)[C@](O)(Cn1ccnn1)c1ccc(F)cc1F. The maximum Gasteiger partial charge on any atom is 0.192 e. The Balaban J connectivity index is 2.46. The lowest BCUT2D eigenvalue weighted by atomic mass is 9.88. The Morgan fingerprint density at radius 2 is 1.92 bits per heavy atom. The van der Waals surface area contributed by atoms with Crippen molar-refractivity contribution in [3.05, 3.63) is 47.8 Å². The zero-order valence-electron chi connectivity index (χ0n) is 16.1. The van der Waals surface area contributed by atoms with Gasteiger partial charge in [-0.3, -0.25) is 0 Å². The minimum Gasteiger partial charge on any atom is -0.411 e. The van der Waals surface area contributed by atoms with Gasteiger partial charge in [0.25, 0.3) is 0 Å². The number of nitrogens with zero attached hydrogens (tertiary/aromatic N) is 3. The lowest BCUT2D eigenvalue weighted by molar-refractivity contribution is -0.0813. The fourth-order valence-corrected chi connectivity index (χ4v) is 3.99. The van der Waals surface area contributed by atoms with Crippen LogP contribution in [0.25, 0.3) is 0 Å². The van der Waals surface area contributed by atoms with Crippen molar-refractivity contribution in [2.75, 3.05) is 0 Å². The first-order valence-electron chi connectivity index (χ1n) is 8.56. The van der Waals surface area contributed by atoms with Gasteiger partial charge in [0.2, 0.25) is 0 Å². The minimum absolute atomic E-state index is 0.0272. The van der Waals surface area contributed by atoms with Gasteiger partial charge >= 0.3 is 0 Å². The molecule has 1 aromatic carbocycles. The van der Waals surface area contributed by atoms with E-state index >= 15 is 0 Å². The van der Waals surface area contributed by atoms with Gasteiger partial charge in [0.05, 0.1) is 18.8 Å². The second-order valence-electron chi connectivity index (χ2n) is 8.17. The Bertz CT molecular complexity index is 747. The largest absolute Gasteiger partial charge is 0.411 e. The highest BCUT2D eigenvalue weighted by Gasteiger charge is 2.46. The van der Waals surface area contributed by atoms with E-state index in [1.807, 2.05) is 0 Å². The number of aliphatic hydroxyl groups is 1. The lowest BCUT2D eigenvalue weighted by Crippen LogP contribution is -2.52. The second-order valence-corrected chi connectivity index (χ2v) is 12.9. The zero-order chi connectivity index (χ0) is 19.8. The van der Waals surface area contributed by atoms with Crippen molar-refractivity contribution in [3.8, 4) is 0 Å². The molecule has 0 radical (unpaired) electrons. The van der Waals surface area contributed by atoms with Gasteiger partial charge in [0.15, 0.2) is 8.32 Å². The molecule has 26 heavy (non-hydrogen) atoms. The Hall–Kier alpha value is -1.64. The van der Waals surface area contributed by atoms with Crippen molar-refractivity contribution in [2.24, 2.45) is 0 Å². The average molecular weight is 384 g/mol. The van der Waals surface area contributed by atoms with Crippen molar-refractivity contribution >= 4 is 8.32 Å². The summed E-state index contributed by atoms with van der Waals surface area (Å²) in [6.45, 7) is 12.0. The minimum atomic E-state index is -2.24. The van der Waals surface area contributed by atoms with Crippen molar-refractivity contribution in [1.82, 2.24) is 15.0 Å². The van der Waals surface area contributed by atoms with Gasteiger partial charge in [-0.15, -0.1) is 5.10 Å². The quantitative estimate of drug-likeness (QED) is 0.770. The molecule has 5 nitrogen and oxygen atoms in total. The third-order valence-corrected chi connectivity index (χ3v) is 9.78. The Morgan fingerprint density at radius 3 is 2.42 bits per heavy atom. The van der Waals surface area contributed by atoms with E-state index in [1.165, 1.54) is 16.9 Å². The van der Waals surface area contributed by atoms with Crippen LogP contribution >= 0.6 is 0 Å². The standard InChI is InChI=1S/C18H27F2N3O2Si/c1-13(25-26(5,6)17(2,3)4)18(24,12-23-10-9-21-22-23)15-8-7-14(19)11-16(15)20/h7-11,13,24H,12H2,1-6H3/t13-,18+/m0/s1. The van der Waals surface area contributed by atoms with Gasteiger partial charge < -0.3 is 9.53 Å². The highest BCUT2D eigenvalue weighted by Crippen LogP contribution is 2.40. The third kappa shape index (κ3) is 4.19. The van der Waals surface area contributed by atoms with Crippen LogP contribution in [0.2, 0.25) is 18.1 Å². The number of aromatic nitrogens is 3. The van der Waals surface area contributed by atoms with Crippen LogP contribution in [0.3, 0.4) is 0 Å². The van der Waals surface area contributed by atoms with Crippen LogP contribution in [0.1, 0.15) is 33.3 Å². The van der Waals surface area contributed by atoms with E-state index in [-0.39, 0.29) is 17.1 Å². The van der Waals surface area contributed by atoms with Gasteiger partial charge in [-0.25, -0.2) is 13.5 Å². The van der Waals surface area contributed by atoms with Crippen LogP contribution in [0.4, 0.5) is 8.78 Å². The summed E-state index contributed by atoms with van der Waals surface area (Å²) >= 11 is 0. The molecule has 0 unspecified atom stereocenters. The number of rotatable bonds is 6. The summed E-state index contributed by atoms with van der Waals surface area (Å²) in [7, 11) is -2.24. The number of halogens is 2. The van der Waals surface area contributed by atoms with Gasteiger partial charge in [-0.05, 0) is 31.1 Å². The first-order chi connectivity index (χ1) is 11.9. The molecule has 0 aliphatic rings. The summed E-state index contributed by atoms with van der Waals surface area (Å²) in [5.74, 6) is -1.52. The lowest BCUT2D eigenvalue weighted by Gasteiger charge is -2.43. The van der Waals surface area contributed by atoms with E-state index in [4.69, 9.17) is 4.43 Å². The summed E-state index contributed by atoms with van der Waals surface area (Å²) in [6.07, 6.45) is 2.30. The molecule has 144 valence electrons. The zero-order valence-corrected chi connectivity index (χ0v) is 17.1. The maximum atomic E-state index is 14.5. The molecule has 0 aliphatic heterocycles. The topological polar surface area (TPSA) is 60.2 Å². The highest BCUT2D eigenvalue weighted by atomic mass is 28.4. The molecule has 0 spiro atoms. The Kier molecular flexibility index (Phi) is 5.70. The van der Waals surface area contributed by atoms with E-state index < -0.39 is 31.7 Å². The van der Waals surface area contributed by atoms with Crippen LogP contribution < -0.4 is 0 Å². The van der Waals surface area contributed by atoms with Crippen LogP contribution in [0.5, 0.6) is 0 Å². The van der Waals surface area contributed by atoms with Crippen LogP contribution in [0.15, 0.2) is 30.6 Å². The highest BCUT2D eigenvalue weighted by molar-refractivity contribution is 6.74. The molecule has 8 heteroatoms. The first kappa shape index (κ1) is 20.7. The number of hydrogen-bond donors (Lipinski definition) is 1. The fourth-order valence-electron chi connectivity index (χ4n) is 2.55. The average Bonchev–Trinajstić information content (AvgIpc) is 2.97. The predicted octanol–water partition coefficient (Wildman–Crippen LogP) is 3.85. The molecule has 1 aromatic heterocycles. The molecule has 0 amide bonds. The summed E-state index contributed by atoms with van der Waals surface area (Å²) in [6, 6.07) is 3.15. The fraction of sp³-hybridized carbons (Fsp3) is 0.556. The molecule has 0 fully saturated rings. The summed E-state index contributed by atoms with van der Waals surface area (Å²) in [5, 5.41) is 19.0. The van der Waals surface area contributed by atoms with Gasteiger partial charge in [-0.2, -0.15) is 0 Å². The van der Waals surface area contributed by atoms with Crippen molar-refractivity contribution in [3.63, 3.8) is 0 Å². The first-order valence-corrected chi connectivity index (χ1v) is 11.5. The van der Waals surface area contributed by atoms with Crippen molar-refractivity contribution < 1.29 is 18.3 Å². The third-order valence-electron chi connectivity index (χ3n) is 5.22. The molecule has 0 saturated carbocycles. The van der Waals surface area contributed by atoms with Crippen LogP contribution in [-0.2, 0) is 16.6 Å². The van der Waals surface area contributed by atoms with E-state index in [2.05, 4.69) is 44.2 Å².